The highest BCUT2D eigenvalue weighted by Gasteiger charge is 2.23. The van der Waals surface area contributed by atoms with E-state index in [0.717, 1.165) is 19.6 Å². The van der Waals surface area contributed by atoms with Crippen LogP contribution in [0, 0.1) is 16.0 Å². The van der Waals surface area contributed by atoms with Crippen LogP contribution in [0.15, 0.2) is 12.3 Å². The Kier molecular flexibility index (Phi) is 5.36. The Morgan fingerprint density at radius 2 is 2.38 bits per heavy atom. The second-order valence-corrected chi connectivity index (χ2v) is 6.12. The second-order valence-electron chi connectivity index (χ2n) is 5.71. The third kappa shape index (κ3) is 4.04. The molecule has 0 amide bonds. The summed E-state index contributed by atoms with van der Waals surface area (Å²) in [7, 11) is 0. The van der Waals surface area contributed by atoms with Crippen molar-refractivity contribution in [2.24, 2.45) is 5.92 Å². The van der Waals surface area contributed by atoms with E-state index in [0.29, 0.717) is 16.8 Å². The molecule has 1 aliphatic heterocycles. The van der Waals surface area contributed by atoms with Crippen LogP contribution in [0.4, 0.5) is 11.5 Å². The van der Waals surface area contributed by atoms with Gasteiger partial charge in [0, 0.05) is 18.7 Å². The second kappa shape index (κ2) is 7.04. The van der Waals surface area contributed by atoms with Crippen molar-refractivity contribution in [1.29, 1.82) is 0 Å². The topological polar surface area (TPSA) is 71.3 Å². The lowest BCUT2D eigenvalue weighted by Crippen LogP contribution is -2.41. The standard InChI is InChI=1S/C14H21ClN4O2/c1-10(2)18(9-11-4-3-5-16-7-11)14-13(15)6-12(8-17-14)19(20)21/h6,8,10-11,16H,3-5,7,9H2,1-2H3. The van der Waals surface area contributed by atoms with E-state index >= 15 is 0 Å². The maximum absolute atomic E-state index is 10.8. The van der Waals surface area contributed by atoms with Gasteiger partial charge >= 0.3 is 0 Å². The maximum atomic E-state index is 10.8. The van der Waals surface area contributed by atoms with Crippen molar-refractivity contribution < 1.29 is 4.92 Å². The van der Waals surface area contributed by atoms with Crippen LogP contribution >= 0.6 is 11.6 Å². The molecule has 2 rings (SSSR count). The molecule has 1 aromatic rings. The van der Waals surface area contributed by atoms with Crippen LogP contribution < -0.4 is 10.2 Å². The molecule has 0 aliphatic carbocycles. The van der Waals surface area contributed by atoms with Crippen molar-refractivity contribution in [2.75, 3.05) is 24.5 Å². The number of aromatic nitrogens is 1. The lowest BCUT2D eigenvalue weighted by Gasteiger charge is -2.34. The van der Waals surface area contributed by atoms with Gasteiger partial charge in [0.15, 0.2) is 0 Å². The third-order valence-corrected chi connectivity index (χ3v) is 4.05. The number of piperidine rings is 1. The number of halogens is 1. The highest BCUT2D eigenvalue weighted by atomic mass is 35.5. The fourth-order valence-electron chi connectivity index (χ4n) is 2.63. The summed E-state index contributed by atoms with van der Waals surface area (Å²) in [5, 5.41) is 14.5. The molecule has 21 heavy (non-hydrogen) atoms. The highest BCUT2D eigenvalue weighted by Crippen LogP contribution is 2.29. The van der Waals surface area contributed by atoms with Crippen LogP contribution in [0.5, 0.6) is 0 Å². The molecule has 7 heteroatoms. The number of rotatable bonds is 5. The van der Waals surface area contributed by atoms with Gasteiger partial charge in [0.1, 0.15) is 12.0 Å². The number of anilines is 1. The van der Waals surface area contributed by atoms with Crippen molar-refractivity contribution >= 4 is 23.1 Å². The fraction of sp³-hybridized carbons (Fsp3) is 0.643. The summed E-state index contributed by atoms with van der Waals surface area (Å²) in [5.41, 5.74) is -0.0770. The number of nitrogens with one attached hydrogen (secondary N) is 1. The molecular weight excluding hydrogens is 292 g/mol. The van der Waals surface area contributed by atoms with Gasteiger partial charge in [-0.1, -0.05) is 11.6 Å². The molecule has 116 valence electrons. The molecule has 1 fully saturated rings. The number of nitro groups is 1. The van der Waals surface area contributed by atoms with Crippen LogP contribution in [-0.4, -0.2) is 35.6 Å². The van der Waals surface area contributed by atoms with Crippen LogP contribution in [0.25, 0.3) is 0 Å². The SMILES string of the molecule is CC(C)N(CC1CCCNC1)c1ncc([N+](=O)[O-])cc1Cl. The van der Waals surface area contributed by atoms with Gasteiger partial charge in [-0.25, -0.2) is 4.98 Å². The van der Waals surface area contributed by atoms with E-state index in [1.807, 2.05) is 0 Å². The van der Waals surface area contributed by atoms with Crippen molar-refractivity contribution in [3.05, 3.63) is 27.4 Å². The molecule has 1 saturated heterocycles. The van der Waals surface area contributed by atoms with Gasteiger partial charge in [0.25, 0.3) is 5.69 Å². The minimum atomic E-state index is -0.479. The molecule has 1 aliphatic rings. The predicted molar refractivity (Wildman–Crippen MR) is 84.0 cm³/mol. The fourth-order valence-corrected chi connectivity index (χ4v) is 2.90. The summed E-state index contributed by atoms with van der Waals surface area (Å²) in [6.07, 6.45) is 3.63. The Hall–Kier alpha value is -1.40. The quantitative estimate of drug-likeness (QED) is 0.668. The van der Waals surface area contributed by atoms with Gasteiger partial charge in [-0.3, -0.25) is 10.1 Å². The van der Waals surface area contributed by atoms with Gasteiger partial charge in [-0.05, 0) is 45.7 Å². The first kappa shape index (κ1) is 16.0. The van der Waals surface area contributed by atoms with Gasteiger partial charge in [0.2, 0.25) is 0 Å². The maximum Gasteiger partial charge on any atom is 0.289 e. The van der Waals surface area contributed by atoms with E-state index in [4.69, 9.17) is 11.6 Å². The molecule has 0 saturated carbocycles. The summed E-state index contributed by atoms with van der Waals surface area (Å²) in [4.78, 5) is 16.6. The summed E-state index contributed by atoms with van der Waals surface area (Å²) >= 11 is 6.21. The van der Waals surface area contributed by atoms with E-state index in [9.17, 15) is 10.1 Å². The predicted octanol–water partition coefficient (Wildman–Crippen LogP) is 2.86. The molecule has 1 unspecified atom stereocenters. The van der Waals surface area contributed by atoms with Crippen LogP contribution in [0.2, 0.25) is 5.02 Å². The van der Waals surface area contributed by atoms with Crippen LogP contribution in [0.1, 0.15) is 26.7 Å². The Balaban J connectivity index is 2.19. The normalized spacial score (nSPS) is 18.8. The monoisotopic (exact) mass is 312 g/mol. The van der Waals surface area contributed by atoms with Crippen molar-refractivity contribution in [2.45, 2.75) is 32.7 Å². The average molecular weight is 313 g/mol. The first-order valence-electron chi connectivity index (χ1n) is 7.26. The molecule has 6 nitrogen and oxygen atoms in total. The molecule has 0 radical (unpaired) electrons. The van der Waals surface area contributed by atoms with Crippen LogP contribution in [-0.2, 0) is 0 Å². The minimum absolute atomic E-state index is 0.0770. The van der Waals surface area contributed by atoms with E-state index in [1.54, 1.807) is 0 Å². The molecule has 1 atom stereocenters. The Labute approximate surface area is 129 Å². The van der Waals surface area contributed by atoms with Crippen LogP contribution in [0.3, 0.4) is 0 Å². The van der Waals surface area contributed by atoms with Crippen molar-refractivity contribution in [1.82, 2.24) is 10.3 Å². The summed E-state index contributed by atoms with van der Waals surface area (Å²) in [6, 6.07) is 1.61. The average Bonchev–Trinajstić information content (AvgIpc) is 2.46. The number of hydrogen-bond donors (Lipinski definition) is 1. The molecule has 0 bridgehead atoms. The Morgan fingerprint density at radius 3 is 2.90 bits per heavy atom. The zero-order chi connectivity index (χ0) is 15.4. The summed E-state index contributed by atoms with van der Waals surface area (Å²) in [5.74, 6) is 1.18. The van der Waals surface area contributed by atoms with Gasteiger partial charge in [-0.15, -0.1) is 0 Å². The lowest BCUT2D eigenvalue weighted by molar-refractivity contribution is -0.385. The smallest absolute Gasteiger partial charge is 0.289 e. The van der Waals surface area contributed by atoms with E-state index in [1.165, 1.54) is 25.1 Å². The van der Waals surface area contributed by atoms with E-state index < -0.39 is 4.92 Å². The van der Waals surface area contributed by atoms with Gasteiger partial charge in [0.05, 0.1) is 9.95 Å². The molecule has 1 N–H and O–H groups in total. The Morgan fingerprint density at radius 1 is 1.62 bits per heavy atom. The molecule has 0 aromatic carbocycles. The minimum Gasteiger partial charge on any atom is -0.353 e. The largest absolute Gasteiger partial charge is 0.353 e. The van der Waals surface area contributed by atoms with E-state index in [2.05, 4.69) is 29.0 Å². The molecule has 2 heterocycles. The number of hydrogen-bond acceptors (Lipinski definition) is 5. The van der Waals surface area contributed by atoms with Crippen molar-refractivity contribution in [3.63, 3.8) is 0 Å². The summed E-state index contributed by atoms with van der Waals surface area (Å²) in [6.45, 7) is 7.09. The first-order valence-corrected chi connectivity index (χ1v) is 7.64. The van der Waals surface area contributed by atoms with Crippen molar-refractivity contribution in [3.8, 4) is 0 Å². The van der Waals surface area contributed by atoms with Gasteiger partial charge < -0.3 is 10.2 Å². The number of pyridine rings is 1. The molecule has 0 spiro atoms. The third-order valence-electron chi connectivity index (χ3n) is 3.77. The Bertz CT molecular complexity index is 504. The highest BCUT2D eigenvalue weighted by molar-refractivity contribution is 6.33. The lowest BCUT2D eigenvalue weighted by atomic mass is 9.98. The van der Waals surface area contributed by atoms with E-state index in [-0.39, 0.29) is 11.7 Å². The molecular formula is C14H21ClN4O2. The molecule has 1 aromatic heterocycles. The summed E-state index contributed by atoms with van der Waals surface area (Å²) < 4.78 is 0. The number of nitrogens with zero attached hydrogens (tertiary/aromatic N) is 3. The first-order chi connectivity index (χ1) is 9.99. The van der Waals surface area contributed by atoms with Gasteiger partial charge in [-0.2, -0.15) is 0 Å². The zero-order valence-electron chi connectivity index (χ0n) is 12.4. The zero-order valence-corrected chi connectivity index (χ0v) is 13.1.